The molecule has 2 heterocycles. The summed E-state index contributed by atoms with van der Waals surface area (Å²) in [4.78, 5) is 21.2. The Labute approximate surface area is 183 Å². The summed E-state index contributed by atoms with van der Waals surface area (Å²) in [6.45, 7) is 4.65. The highest BCUT2D eigenvalue weighted by Gasteiger charge is 2.42. The third-order valence-corrected chi connectivity index (χ3v) is 7.18. The minimum absolute atomic E-state index is 0.122. The molecular weight excluding hydrogens is 390 g/mol. The van der Waals surface area contributed by atoms with Gasteiger partial charge in [0.05, 0.1) is 23.7 Å². The molecule has 1 aromatic carbocycles. The summed E-state index contributed by atoms with van der Waals surface area (Å²) in [5, 5.41) is 8.96. The van der Waals surface area contributed by atoms with Crippen LogP contribution >= 0.6 is 0 Å². The number of ether oxygens (including phenoxy) is 1. The lowest BCUT2D eigenvalue weighted by atomic mass is 9.98. The van der Waals surface area contributed by atoms with Crippen molar-refractivity contribution in [1.29, 1.82) is 5.26 Å². The molecule has 3 unspecified atom stereocenters. The monoisotopic (exact) mass is 419 g/mol. The van der Waals surface area contributed by atoms with E-state index in [0.717, 1.165) is 49.8 Å². The van der Waals surface area contributed by atoms with Gasteiger partial charge in [-0.05, 0) is 55.2 Å². The molecule has 162 valence electrons. The van der Waals surface area contributed by atoms with Gasteiger partial charge in [-0.2, -0.15) is 5.26 Å². The molecule has 0 N–H and O–H groups in total. The number of fused-ring (bicyclic) bond motifs is 2. The average molecular weight is 420 g/mol. The van der Waals surface area contributed by atoms with Gasteiger partial charge in [0.15, 0.2) is 0 Å². The van der Waals surface area contributed by atoms with Gasteiger partial charge in [0.2, 0.25) is 0 Å². The Morgan fingerprint density at radius 1 is 1.10 bits per heavy atom. The van der Waals surface area contributed by atoms with Gasteiger partial charge in [-0.15, -0.1) is 0 Å². The fourth-order valence-corrected chi connectivity index (χ4v) is 5.36. The Morgan fingerprint density at radius 2 is 1.90 bits per heavy atom. The number of carbonyl (C=O) groups is 1. The number of amides is 1. The predicted molar refractivity (Wildman–Crippen MR) is 115 cm³/mol. The quantitative estimate of drug-likeness (QED) is 0.744. The van der Waals surface area contributed by atoms with E-state index in [1.807, 2.05) is 41.7 Å². The van der Waals surface area contributed by atoms with Crippen molar-refractivity contribution in [2.75, 3.05) is 26.2 Å². The van der Waals surface area contributed by atoms with Gasteiger partial charge < -0.3 is 14.2 Å². The van der Waals surface area contributed by atoms with Crippen LogP contribution in [0.3, 0.4) is 0 Å². The van der Waals surface area contributed by atoms with Crippen molar-refractivity contribution in [2.45, 2.75) is 44.9 Å². The van der Waals surface area contributed by atoms with Gasteiger partial charge in [-0.25, -0.2) is 9.78 Å². The lowest BCUT2D eigenvalue weighted by molar-refractivity contribution is 0.0248. The van der Waals surface area contributed by atoms with Crippen molar-refractivity contribution in [2.24, 2.45) is 11.8 Å². The van der Waals surface area contributed by atoms with Crippen LogP contribution in [0.2, 0.25) is 0 Å². The van der Waals surface area contributed by atoms with Crippen LogP contribution in [-0.2, 0) is 17.8 Å². The molecule has 0 radical (unpaired) electrons. The SMILES string of the molecule is N#Cc1ccc(Cn2cncc2CN2CCN(C(=O)OC3CC4CCC3C4)CC2)cc1. The maximum atomic E-state index is 12.6. The van der Waals surface area contributed by atoms with E-state index >= 15 is 0 Å². The standard InChI is InChI=1S/C24H29N5O2/c25-13-18-1-3-19(4-2-18)15-29-17-26-14-22(29)16-27-7-9-28(10-8-27)24(30)31-23-12-20-5-6-21(23)11-20/h1-4,14,17,20-21,23H,5-12,15-16H2. The van der Waals surface area contributed by atoms with Crippen LogP contribution in [0.4, 0.5) is 4.79 Å². The van der Waals surface area contributed by atoms with E-state index < -0.39 is 0 Å². The topological polar surface area (TPSA) is 74.4 Å². The molecule has 2 aliphatic carbocycles. The highest BCUT2D eigenvalue weighted by molar-refractivity contribution is 5.68. The average Bonchev–Trinajstić information content (AvgIpc) is 3.53. The largest absolute Gasteiger partial charge is 0.446 e. The Morgan fingerprint density at radius 3 is 2.58 bits per heavy atom. The van der Waals surface area contributed by atoms with Crippen LogP contribution < -0.4 is 0 Å². The Balaban J connectivity index is 1.11. The van der Waals surface area contributed by atoms with Gasteiger partial charge in [0.25, 0.3) is 0 Å². The molecule has 1 amide bonds. The number of hydrogen-bond donors (Lipinski definition) is 0. The number of hydrogen-bond acceptors (Lipinski definition) is 5. The predicted octanol–water partition coefficient (Wildman–Crippen LogP) is 3.25. The fourth-order valence-electron chi connectivity index (χ4n) is 5.36. The van der Waals surface area contributed by atoms with Crippen LogP contribution in [0.5, 0.6) is 0 Å². The molecule has 0 spiro atoms. The van der Waals surface area contributed by atoms with Gasteiger partial charge >= 0.3 is 6.09 Å². The second-order valence-electron chi connectivity index (χ2n) is 9.18. The Bertz CT molecular complexity index is 955. The summed E-state index contributed by atoms with van der Waals surface area (Å²) in [5.74, 6) is 1.39. The smallest absolute Gasteiger partial charge is 0.410 e. The molecule has 1 aromatic heterocycles. The van der Waals surface area contributed by atoms with E-state index in [-0.39, 0.29) is 12.2 Å². The van der Waals surface area contributed by atoms with Crippen molar-refractivity contribution in [3.8, 4) is 6.07 Å². The summed E-state index contributed by atoms with van der Waals surface area (Å²) in [6.07, 6.45) is 8.67. The molecule has 7 nitrogen and oxygen atoms in total. The highest BCUT2D eigenvalue weighted by atomic mass is 16.6. The maximum absolute atomic E-state index is 12.6. The van der Waals surface area contributed by atoms with Gasteiger partial charge in [0.1, 0.15) is 6.10 Å². The summed E-state index contributed by atoms with van der Waals surface area (Å²) in [7, 11) is 0. The second-order valence-corrected chi connectivity index (χ2v) is 9.18. The first kappa shape index (κ1) is 20.1. The first-order valence-electron chi connectivity index (χ1n) is 11.3. The van der Waals surface area contributed by atoms with E-state index in [1.54, 1.807) is 0 Å². The number of nitrogens with zero attached hydrogens (tertiary/aromatic N) is 5. The molecule has 2 aromatic rings. The molecule has 2 bridgehead atoms. The zero-order valence-corrected chi connectivity index (χ0v) is 17.8. The van der Waals surface area contributed by atoms with Crippen molar-refractivity contribution in [1.82, 2.24) is 19.4 Å². The van der Waals surface area contributed by atoms with Crippen LogP contribution in [0.25, 0.3) is 0 Å². The first-order valence-corrected chi connectivity index (χ1v) is 11.3. The summed E-state index contributed by atoms with van der Waals surface area (Å²) < 4.78 is 8.01. The van der Waals surface area contributed by atoms with Gasteiger partial charge in [-0.1, -0.05) is 12.1 Å². The third kappa shape index (κ3) is 4.45. The van der Waals surface area contributed by atoms with E-state index in [0.29, 0.717) is 24.6 Å². The molecule has 7 heteroatoms. The molecule has 3 aliphatic rings. The lowest BCUT2D eigenvalue weighted by Gasteiger charge is -2.35. The zero-order valence-electron chi connectivity index (χ0n) is 17.8. The van der Waals surface area contributed by atoms with E-state index in [4.69, 9.17) is 10.00 Å². The summed E-state index contributed by atoms with van der Waals surface area (Å²) in [5.41, 5.74) is 2.97. The van der Waals surface area contributed by atoms with E-state index in [9.17, 15) is 4.79 Å². The lowest BCUT2D eigenvalue weighted by Crippen LogP contribution is -2.49. The molecule has 2 saturated carbocycles. The Kier molecular flexibility index (Phi) is 5.65. The molecule has 1 saturated heterocycles. The van der Waals surface area contributed by atoms with E-state index in [1.165, 1.54) is 19.3 Å². The first-order chi connectivity index (χ1) is 15.2. The number of benzene rings is 1. The minimum Gasteiger partial charge on any atom is -0.446 e. The normalized spacial score (nSPS) is 25.5. The number of carbonyl (C=O) groups excluding carboxylic acids is 1. The number of rotatable bonds is 5. The van der Waals surface area contributed by atoms with Gasteiger partial charge in [0, 0.05) is 45.5 Å². The fraction of sp³-hybridized carbons (Fsp3) is 0.542. The number of nitriles is 1. The van der Waals surface area contributed by atoms with Crippen molar-refractivity contribution >= 4 is 6.09 Å². The maximum Gasteiger partial charge on any atom is 0.410 e. The van der Waals surface area contributed by atoms with Crippen LogP contribution in [0.1, 0.15) is 42.5 Å². The molecule has 3 fully saturated rings. The molecule has 1 aliphatic heterocycles. The Hall–Kier alpha value is -2.85. The van der Waals surface area contributed by atoms with Crippen molar-refractivity contribution in [3.63, 3.8) is 0 Å². The number of piperazine rings is 1. The minimum atomic E-state index is -0.122. The highest BCUT2D eigenvalue weighted by Crippen LogP contribution is 2.46. The molecule has 3 atom stereocenters. The van der Waals surface area contributed by atoms with E-state index in [2.05, 4.69) is 20.5 Å². The van der Waals surface area contributed by atoms with Crippen molar-refractivity contribution in [3.05, 3.63) is 53.6 Å². The van der Waals surface area contributed by atoms with Crippen LogP contribution in [0, 0.1) is 23.2 Å². The molecule has 5 rings (SSSR count). The zero-order chi connectivity index (χ0) is 21.2. The van der Waals surface area contributed by atoms with Crippen LogP contribution in [-0.4, -0.2) is 57.7 Å². The number of imidazole rings is 1. The van der Waals surface area contributed by atoms with Gasteiger partial charge in [-0.3, -0.25) is 4.90 Å². The summed E-state index contributed by atoms with van der Waals surface area (Å²) in [6, 6.07) is 9.83. The molecular formula is C24H29N5O2. The third-order valence-electron chi connectivity index (χ3n) is 7.18. The van der Waals surface area contributed by atoms with Crippen LogP contribution in [0.15, 0.2) is 36.8 Å². The number of aromatic nitrogens is 2. The molecule has 31 heavy (non-hydrogen) atoms. The summed E-state index contributed by atoms with van der Waals surface area (Å²) >= 11 is 0. The second kappa shape index (κ2) is 8.72. The van der Waals surface area contributed by atoms with Crippen molar-refractivity contribution < 1.29 is 9.53 Å².